The molecule has 0 radical (unpaired) electrons. The standard InChI is InChI=1S/C19H25N5O2S2/c1-12-6-5-8-14(10-12)20-18-23-24-19(28-18)27-11-16(25)22-17(26)21-15-9-4-3-7-13(15)2/h5-6,8,10,13,15H,3-4,7,9,11H2,1-2H3,(H,20,23)(H2,21,22,25,26)/t13-,15+/m0/s1. The maximum absolute atomic E-state index is 12.0. The van der Waals surface area contributed by atoms with Crippen LogP contribution in [0.5, 0.6) is 0 Å². The average molecular weight is 420 g/mol. The molecule has 0 unspecified atom stereocenters. The Kier molecular flexibility index (Phi) is 7.27. The van der Waals surface area contributed by atoms with Gasteiger partial charge in [-0.2, -0.15) is 0 Å². The highest BCUT2D eigenvalue weighted by Gasteiger charge is 2.23. The minimum Gasteiger partial charge on any atom is -0.335 e. The first-order valence-electron chi connectivity index (χ1n) is 9.40. The molecule has 0 bridgehead atoms. The van der Waals surface area contributed by atoms with Crippen molar-refractivity contribution in [3.8, 4) is 0 Å². The molecule has 1 saturated carbocycles. The fraction of sp³-hybridized carbons (Fsp3) is 0.474. The number of nitrogens with one attached hydrogen (secondary N) is 3. The summed E-state index contributed by atoms with van der Waals surface area (Å²) in [5, 5.41) is 17.4. The highest BCUT2D eigenvalue weighted by Crippen LogP contribution is 2.28. The fourth-order valence-electron chi connectivity index (χ4n) is 3.19. The predicted molar refractivity (Wildman–Crippen MR) is 113 cm³/mol. The summed E-state index contributed by atoms with van der Waals surface area (Å²) >= 11 is 2.64. The van der Waals surface area contributed by atoms with E-state index in [9.17, 15) is 9.59 Å². The Morgan fingerprint density at radius 3 is 2.86 bits per heavy atom. The van der Waals surface area contributed by atoms with E-state index < -0.39 is 6.03 Å². The lowest BCUT2D eigenvalue weighted by Gasteiger charge is -2.29. The first kappa shape index (κ1) is 20.6. The van der Waals surface area contributed by atoms with Gasteiger partial charge >= 0.3 is 6.03 Å². The van der Waals surface area contributed by atoms with Crippen molar-refractivity contribution in [1.82, 2.24) is 20.8 Å². The van der Waals surface area contributed by atoms with Gasteiger partial charge in [0, 0.05) is 11.7 Å². The monoisotopic (exact) mass is 419 g/mol. The molecule has 0 aliphatic heterocycles. The van der Waals surface area contributed by atoms with Gasteiger partial charge in [0.25, 0.3) is 0 Å². The van der Waals surface area contributed by atoms with Crippen molar-refractivity contribution < 1.29 is 9.59 Å². The average Bonchev–Trinajstić information content (AvgIpc) is 3.09. The summed E-state index contributed by atoms with van der Waals surface area (Å²) in [5.41, 5.74) is 2.10. The molecular formula is C19H25N5O2S2. The van der Waals surface area contributed by atoms with Crippen molar-refractivity contribution in [3.63, 3.8) is 0 Å². The van der Waals surface area contributed by atoms with Crippen molar-refractivity contribution in [2.24, 2.45) is 5.92 Å². The van der Waals surface area contributed by atoms with Crippen LogP contribution in [0.2, 0.25) is 0 Å². The second-order valence-electron chi connectivity index (χ2n) is 7.05. The van der Waals surface area contributed by atoms with E-state index in [0.29, 0.717) is 15.4 Å². The molecule has 7 nitrogen and oxygen atoms in total. The van der Waals surface area contributed by atoms with Crippen LogP contribution in [-0.2, 0) is 4.79 Å². The number of thioether (sulfide) groups is 1. The topological polar surface area (TPSA) is 96.0 Å². The zero-order valence-corrected chi connectivity index (χ0v) is 17.7. The maximum Gasteiger partial charge on any atom is 0.321 e. The van der Waals surface area contributed by atoms with E-state index in [1.165, 1.54) is 29.5 Å². The largest absolute Gasteiger partial charge is 0.335 e. The van der Waals surface area contributed by atoms with Crippen LogP contribution in [-0.4, -0.2) is 33.9 Å². The molecule has 0 spiro atoms. The Bertz CT molecular complexity index is 826. The first-order valence-corrected chi connectivity index (χ1v) is 11.2. The molecule has 1 heterocycles. The van der Waals surface area contributed by atoms with Gasteiger partial charge in [-0.05, 0) is 43.4 Å². The molecule has 9 heteroatoms. The van der Waals surface area contributed by atoms with Crippen molar-refractivity contribution >= 4 is 45.9 Å². The third-order valence-corrected chi connectivity index (χ3v) is 6.66. The summed E-state index contributed by atoms with van der Waals surface area (Å²) in [4.78, 5) is 24.1. The third-order valence-electron chi connectivity index (χ3n) is 4.68. The number of carbonyl (C=O) groups excluding carboxylic acids is 2. The lowest BCUT2D eigenvalue weighted by atomic mass is 9.86. The summed E-state index contributed by atoms with van der Waals surface area (Å²) < 4.78 is 0.673. The second kappa shape index (κ2) is 9.88. The summed E-state index contributed by atoms with van der Waals surface area (Å²) in [7, 11) is 0. The SMILES string of the molecule is Cc1cccc(Nc2nnc(SCC(=O)NC(=O)N[C@@H]3CCCC[C@@H]3C)s2)c1. The molecule has 3 amide bonds. The zero-order valence-electron chi connectivity index (χ0n) is 16.0. The minimum atomic E-state index is -0.414. The Labute approximate surface area is 173 Å². The molecule has 28 heavy (non-hydrogen) atoms. The van der Waals surface area contributed by atoms with Gasteiger partial charge < -0.3 is 10.6 Å². The summed E-state index contributed by atoms with van der Waals surface area (Å²) in [6.45, 7) is 4.16. The molecule has 3 N–H and O–H groups in total. The molecular weight excluding hydrogens is 394 g/mol. The van der Waals surface area contributed by atoms with Crippen LogP contribution in [0.3, 0.4) is 0 Å². The number of hydrogen-bond acceptors (Lipinski definition) is 7. The minimum absolute atomic E-state index is 0.118. The van der Waals surface area contributed by atoms with E-state index in [-0.39, 0.29) is 17.7 Å². The van der Waals surface area contributed by atoms with Crippen molar-refractivity contribution in [2.75, 3.05) is 11.1 Å². The van der Waals surface area contributed by atoms with Crippen LogP contribution in [0.1, 0.15) is 38.2 Å². The Morgan fingerprint density at radius 1 is 1.25 bits per heavy atom. The second-order valence-corrected chi connectivity index (χ2v) is 9.25. The number of aromatic nitrogens is 2. The summed E-state index contributed by atoms with van der Waals surface area (Å²) in [5.74, 6) is 0.228. The van der Waals surface area contributed by atoms with Crippen molar-refractivity contribution in [3.05, 3.63) is 29.8 Å². The van der Waals surface area contributed by atoms with E-state index in [1.54, 1.807) is 0 Å². The molecule has 1 fully saturated rings. The molecule has 2 atom stereocenters. The van der Waals surface area contributed by atoms with Gasteiger partial charge in [-0.25, -0.2) is 4.79 Å². The first-order chi connectivity index (χ1) is 13.5. The van der Waals surface area contributed by atoms with Gasteiger partial charge in [-0.3, -0.25) is 10.1 Å². The van der Waals surface area contributed by atoms with Gasteiger partial charge in [-0.1, -0.05) is 55.0 Å². The van der Waals surface area contributed by atoms with Crippen molar-refractivity contribution in [1.29, 1.82) is 0 Å². The number of imide groups is 1. The number of benzene rings is 1. The Hall–Kier alpha value is -2.13. The lowest BCUT2D eigenvalue weighted by Crippen LogP contribution is -2.48. The van der Waals surface area contributed by atoms with Crippen LogP contribution in [0, 0.1) is 12.8 Å². The summed E-state index contributed by atoms with van der Waals surface area (Å²) in [6.07, 6.45) is 4.41. The van der Waals surface area contributed by atoms with Crippen LogP contribution in [0.4, 0.5) is 15.6 Å². The molecule has 1 aromatic heterocycles. The maximum atomic E-state index is 12.0. The molecule has 2 aromatic rings. The molecule has 1 aliphatic carbocycles. The number of urea groups is 1. The van der Waals surface area contributed by atoms with Crippen LogP contribution < -0.4 is 16.0 Å². The van der Waals surface area contributed by atoms with E-state index >= 15 is 0 Å². The number of hydrogen-bond donors (Lipinski definition) is 3. The number of carbonyl (C=O) groups is 2. The zero-order chi connectivity index (χ0) is 19.9. The molecule has 150 valence electrons. The molecule has 0 saturated heterocycles. The van der Waals surface area contributed by atoms with Crippen molar-refractivity contribution in [2.45, 2.75) is 49.9 Å². The van der Waals surface area contributed by atoms with E-state index in [4.69, 9.17) is 0 Å². The highest BCUT2D eigenvalue weighted by molar-refractivity contribution is 8.01. The predicted octanol–water partition coefficient (Wildman–Crippen LogP) is 4.09. The third kappa shape index (κ3) is 6.20. The van der Waals surface area contributed by atoms with Gasteiger partial charge in [-0.15, -0.1) is 10.2 Å². The van der Waals surface area contributed by atoms with Gasteiger partial charge in [0.15, 0.2) is 4.34 Å². The van der Waals surface area contributed by atoms with Crippen LogP contribution in [0.25, 0.3) is 0 Å². The van der Waals surface area contributed by atoms with E-state index in [1.807, 2.05) is 31.2 Å². The van der Waals surface area contributed by atoms with Crippen LogP contribution >= 0.6 is 23.1 Å². The smallest absolute Gasteiger partial charge is 0.321 e. The van der Waals surface area contributed by atoms with E-state index in [0.717, 1.165) is 30.5 Å². The normalized spacial score (nSPS) is 19.1. The molecule has 1 aromatic carbocycles. The van der Waals surface area contributed by atoms with Gasteiger partial charge in [0.05, 0.1) is 5.75 Å². The summed E-state index contributed by atoms with van der Waals surface area (Å²) in [6, 6.07) is 7.71. The lowest BCUT2D eigenvalue weighted by molar-refractivity contribution is -0.117. The Balaban J connectivity index is 1.42. The number of amides is 3. The van der Waals surface area contributed by atoms with Gasteiger partial charge in [0.2, 0.25) is 11.0 Å². The fourth-order valence-corrected chi connectivity index (χ4v) is 4.76. The van der Waals surface area contributed by atoms with E-state index in [2.05, 4.69) is 33.1 Å². The molecule has 1 aliphatic rings. The quantitative estimate of drug-likeness (QED) is 0.611. The number of rotatable bonds is 6. The number of nitrogens with zero attached hydrogens (tertiary/aromatic N) is 2. The highest BCUT2D eigenvalue weighted by atomic mass is 32.2. The molecule has 3 rings (SSSR count). The van der Waals surface area contributed by atoms with Gasteiger partial charge in [0.1, 0.15) is 0 Å². The number of anilines is 2. The Morgan fingerprint density at radius 2 is 2.07 bits per heavy atom. The van der Waals surface area contributed by atoms with Crippen LogP contribution in [0.15, 0.2) is 28.6 Å². The number of aryl methyl sites for hydroxylation is 1.